The minimum absolute atomic E-state index is 0. The van der Waals surface area contributed by atoms with Crippen molar-refractivity contribution >= 4 is 21.6 Å². The third kappa shape index (κ3) is 3.82. The normalized spacial score (nSPS) is 13.8. The van der Waals surface area contributed by atoms with Crippen LogP contribution in [-0.2, 0) is 32.7 Å². The third-order valence-electron chi connectivity index (χ3n) is 2.78. The van der Waals surface area contributed by atoms with E-state index >= 15 is 0 Å². The van der Waals surface area contributed by atoms with Crippen molar-refractivity contribution in [2.24, 2.45) is 0 Å². The standard InChI is InChI=1S/C15H12BrN2O.Y/c1-11-14(16)7-8-15(18(11)2)12-3-5-13(6-4-12)19-10-9-17;/h3-7H,1,10H2,2H3;/q-1;. The molecule has 0 atom stereocenters. The molecule has 1 aromatic rings. The molecule has 0 aliphatic carbocycles. The molecule has 20 heavy (non-hydrogen) atoms. The van der Waals surface area contributed by atoms with E-state index in [1.807, 2.05) is 48.4 Å². The number of nitrogens with zero attached hydrogens (tertiary/aromatic N) is 2. The van der Waals surface area contributed by atoms with Crippen molar-refractivity contribution in [3.05, 3.63) is 58.7 Å². The molecule has 99 valence electrons. The van der Waals surface area contributed by atoms with Gasteiger partial charge in [0.25, 0.3) is 0 Å². The summed E-state index contributed by atoms with van der Waals surface area (Å²) in [7, 11) is 1.94. The zero-order valence-electron chi connectivity index (χ0n) is 11.1. The van der Waals surface area contributed by atoms with Crippen LogP contribution >= 0.6 is 15.9 Å². The minimum atomic E-state index is 0. The van der Waals surface area contributed by atoms with Crippen molar-refractivity contribution in [3.63, 3.8) is 0 Å². The van der Waals surface area contributed by atoms with Gasteiger partial charge in [0.05, 0.1) is 0 Å². The van der Waals surface area contributed by atoms with Gasteiger partial charge in [-0.15, -0.1) is 28.1 Å². The van der Waals surface area contributed by atoms with Gasteiger partial charge in [-0.25, -0.2) is 0 Å². The zero-order chi connectivity index (χ0) is 13.8. The van der Waals surface area contributed by atoms with Crippen molar-refractivity contribution in [2.75, 3.05) is 13.7 Å². The fourth-order valence-corrected chi connectivity index (χ4v) is 2.09. The summed E-state index contributed by atoms with van der Waals surface area (Å²) < 4.78 is 6.14. The third-order valence-corrected chi connectivity index (χ3v) is 3.47. The quantitative estimate of drug-likeness (QED) is 0.723. The molecule has 5 heteroatoms. The smallest absolute Gasteiger partial charge is 0.174 e. The summed E-state index contributed by atoms with van der Waals surface area (Å²) in [6.07, 6.45) is 5.07. The molecule has 1 heterocycles. The van der Waals surface area contributed by atoms with E-state index in [-0.39, 0.29) is 39.3 Å². The van der Waals surface area contributed by atoms with Crippen molar-refractivity contribution in [3.8, 4) is 11.8 Å². The SMILES string of the molecule is C=C1C(Br)=C[C-]=C(c2ccc(OCC#N)cc2)N1C.[Y]. The number of ether oxygens (including phenoxy) is 1. The van der Waals surface area contributed by atoms with Crippen molar-refractivity contribution in [1.29, 1.82) is 5.26 Å². The van der Waals surface area contributed by atoms with Gasteiger partial charge < -0.3 is 9.64 Å². The van der Waals surface area contributed by atoms with Gasteiger partial charge in [0.15, 0.2) is 6.61 Å². The van der Waals surface area contributed by atoms with Gasteiger partial charge in [-0.1, -0.05) is 22.3 Å². The molecule has 0 unspecified atom stereocenters. The first-order chi connectivity index (χ1) is 9.13. The average Bonchev–Trinajstić information content (AvgIpc) is 2.44. The topological polar surface area (TPSA) is 36.3 Å². The number of likely N-dealkylation sites (N-methyl/N-ethyl adjacent to an activating group) is 1. The molecule has 0 bridgehead atoms. The number of halogens is 1. The molecule has 3 nitrogen and oxygen atoms in total. The molecule has 0 saturated heterocycles. The van der Waals surface area contributed by atoms with Crippen molar-refractivity contribution < 1.29 is 37.4 Å². The maximum absolute atomic E-state index is 8.46. The fraction of sp³-hybridized carbons (Fsp3) is 0.133. The van der Waals surface area contributed by atoms with Crippen LogP contribution in [0.25, 0.3) is 5.70 Å². The zero-order valence-corrected chi connectivity index (χ0v) is 15.5. The second-order valence-electron chi connectivity index (χ2n) is 3.96. The Morgan fingerprint density at radius 3 is 2.65 bits per heavy atom. The summed E-state index contributed by atoms with van der Waals surface area (Å²) >= 11 is 3.43. The molecule has 2 rings (SSSR count). The predicted octanol–water partition coefficient (Wildman–Crippen LogP) is 3.47. The van der Waals surface area contributed by atoms with Crippen molar-refractivity contribution in [2.45, 2.75) is 0 Å². The van der Waals surface area contributed by atoms with Gasteiger partial charge in [0, 0.05) is 39.8 Å². The Morgan fingerprint density at radius 2 is 2.05 bits per heavy atom. The number of rotatable bonds is 3. The van der Waals surface area contributed by atoms with E-state index in [4.69, 9.17) is 10.00 Å². The molecule has 0 aromatic heterocycles. The van der Waals surface area contributed by atoms with Crippen LogP contribution < -0.4 is 4.74 Å². The van der Waals surface area contributed by atoms with E-state index in [1.165, 1.54) is 0 Å². The Hall–Kier alpha value is -0.886. The summed E-state index contributed by atoms with van der Waals surface area (Å²) in [6, 6.07) is 9.49. The van der Waals surface area contributed by atoms with Crippen LogP contribution in [0.15, 0.2) is 47.1 Å². The van der Waals surface area contributed by atoms with E-state index < -0.39 is 0 Å². The van der Waals surface area contributed by atoms with Crippen LogP contribution in [0.5, 0.6) is 5.75 Å². The van der Waals surface area contributed by atoms with Crippen LogP contribution in [0.4, 0.5) is 0 Å². The van der Waals surface area contributed by atoms with Crippen LogP contribution in [0.3, 0.4) is 0 Å². The number of hydrogen-bond acceptors (Lipinski definition) is 3. The summed E-state index contributed by atoms with van der Waals surface area (Å²) in [5, 5.41) is 8.46. The first kappa shape index (κ1) is 17.2. The average molecular weight is 405 g/mol. The maximum Gasteiger partial charge on any atom is 0.174 e. The van der Waals surface area contributed by atoms with Gasteiger partial charge in [-0.3, -0.25) is 0 Å². The molecule has 0 saturated carbocycles. The summed E-state index contributed by atoms with van der Waals surface area (Å²) in [4.78, 5) is 1.97. The van der Waals surface area contributed by atoms with Crippen LogP contribution in [0.1, 0.15) is 5.56 Å². The molecular weight excluding hydrogens is 393 g/mol. The Kier molecular flexibility index (Phi) is 6.68. The summed E-state index contributed by atoms with van der Waals surface area (Å²) in [6.45, 7) is 4.06. The predicted molar refractivity (Wildman–Crippen MR) is 78.1 cm³/mol. The first-order valence-corrected chi connectivity index (χ1v) is 6.45. The van der Waals surface area contributed by atoms with E-state index in [9.17, 15) is 0 Å². The van der Waals surface area contributed by atoms with Gasteiger partial charge >= 0.3 is 0 Å². The van der Waals surface area contributed by atoms with E-state index in [0.29, 0.717) is 5.75 Å². The van der Waals surface area contributed by atoms with E-state index in [2.05, 4.69) is 28.6 Å². The molecular formula is C15H12BrN2OY-. The van der Waals surface area contributed by atoms with E-state index in [1.54, 1.807) is 0 Å². The first-order valence-electron chi connectivity index (χ1n) is 5.66. The fourth-order valence-electron chi connectivity index (χ4n) is 1.71. The van der Waals surface area contributed by atoms with Crippen LogP contribution in [-0.4, -0.2) is 18.6 Å². The second kappa shape index (κ2) is 7.78. The summed E-state index contributed by atoms with van der Waals surface area (Å²) in [5.74, 6) is 0.680. The monoisotopic (exact) mass is 404 g/mol. The second-order valence-corrected chi connectivity index (χ2v) is 4.82. The van der Waals surface area contributed by atoms with Gasteiger partial charge in [-0.05, 0) is 17.8 Å². The number of allylic oxidation sites excluding steroid dienone is 3. The Bertz CT molecular complexity index is 599. The van der Waals surface area contributed by atoms with Gasteiger partial charge in [0.2, 0.25) is 0 Å². The van der Waals surface area contributed by atoms with Crippen LogP contribution in [0.2, 0.25) is 0 Å². The number of nitriles is 1. The summed E-state index contributed by atoms with van der Waals surface area (Å²) in [5.41, 5.74) is 2.85. The Balaban J connectivity index is 0.00000200. The van der Waals surface area contributed by atoms with Crippen LogP contribution in [0, 0.1) is 17.4 Å². The Morgan fingerprint density at radius 1 is 1.40 bits per heavy atom. The largest absolute Gasteiger partial charge is 0.479 e. The molecule has 1 aliphatic rings. The van der Waals surface area contributed by atoms with E-state index in [0.717, 1.165) is 21.4 Å². The number of hydrogen-bond donors (Lipinski definition) is 0. The minimum Gasteiger partial charge on any atom is -0.479 e. The number of benzene rings is 1. The molecule has 0 fully saturated rings. The molecule has 0 amide bonds. The molecule has 1 aliphatic heterocycles. The van der Waals surface area contributed by atoms with Gasteiger partial charge in [-0.2, -0.15) is 17.4 Å². The van der Waals surface area contributed by atoms with Crippen molar-refractivity contribution in [1.82, 2.24) is 4.90 Å². The Labute approximate surface area is 152 Å². The molecule has 0 N–H and O–H groups in total. The molecule has 0 spiro atoms. The van der Waals surface area contributed by atoms with Gasteiger partial charge in [0.1, 0.15) is 11.8 Å². The molecule has 1 radical (unpaired) electrons. The maximum atomic E-state index is 8.46. The molecule has 1 aromatic carbocycles.